The summed E-state index contributed by atoms with van der Waals surface area (Å²) in [6.45, 7) is -1.30. The van der Waals surface area contributed by atoms with Gasteiger partial charge in [0.05, 0.1) is 77.6 Å². The molecule has 4 aromatic rings. The van der Waals surface area contributed by atoms with Crippen molar-refractivity contribution in [3.8, 4) is 0 Å². The van der Waals surface area contributed by atoms with Crippen LogP contribution in [0.5, 0.6) is 0 Å². The van der Waals surface area contributed by atoms with Gasteiger partial charge in [-0.25, -0.2) is 0 Å². The Kier molecular flexibility index (Phi) is 44.2. The highest BCUT2D eigenvalue weighted by Crippen LogP contribution is 2.33. The molecule has 9 rings (SSSR count). The van der Waals surface area contributed by atoms with Gasteiger partial charge in [-0.1, -0.05) is 124 Å². The fourth-order valence-corrected chi connectivity index (χ4v) is 15.0. The van der Waals surface area contributed by atoms with Gasteiger partial charge >= 0.3 is 23.9 Å². The van der Waals surface area contributed by atoms with Gasteiger partial charge < -0.3 is 148 Å². The molecule has 0 unspecified atom stereocenters. The monoisotopic (exact) mass is 1790 g/mol. The van der Waals surface area contributed by atoms with Gasteiger partial charge in [0, 0.05) is 59.0 Å². The van der Waals surface area contributed by atoms with Crippen LogP contribution in [0.15, 0.2) is 24.8 Å². The zero-order valence-corrected chi connectivity index (χ0v) is 70.6. The molecular formula is C79H130N12O34. The van der Waals surface area contributed by atoms with E-state index >= 15 is 0 Å². The third kappa shape index (κ3) is 32.2. The highest BCUT2D eigenvalue weighted by molar-refractivity contribution is 5.72. The second-order valence-electron chi connectivity index (χ2n) is 32.2. The molecule has 5 fully saturated rings. The second kappa shape index (κ2) is 54.1. The van der Waals surface area contributed by atoms with Crippen LogP contribution in [0.3, 0.4) is 0 Å². The number of aliphatic hydroxyl groups excluding tert-OH is 16. The van der Waals surface area contributed by atoms with Crippen molar-refractivity contribution < 1.29 is 167 Å². The van der Waals surface area contributed by atoms with Crippen molar-refractivity contribution in [3.05, 3.63) is 47.6 Å². The molecule has 710 valence electrons. The zero-order valence-electron chi connectivity index (χ0n) is 70.6. The summed E-state index contributed by atoms with van der Waals surface area (Å²) in [4.78, 5) is 56.0. The Morgan fingerprint density at radius 1 is 0.296 bits per heavy atom. The SMILES string of the molecule is CO[C@H]1O[C@H](COC(=O)CCCCCCCCn2cc(CO[C@@H]3O[C@H](CO)[C@@H](O)[C@H](O)[C@H]3O)nn2)[C@@H](OC(=O)CCCCCCCCn2cc(CO[C@@H]3O[C@H](CO)[C@@H](O)[C@H](O)[C@H]3O)nn2)[C@H](OC(=O)CCCCCCCCn2cc(CO[C@@H]3O[C@H](CO)[C@@H](O)[C@H](O)[C@H]3O)nn2)[C@H]1OC(=O)CCCCCCCCn1cc(CO[C@@H]2O[C@H](CO)[C@@H](O)[C@H](O)[C@H]2O)nn1. The molecule has 125 heavy (non-hydrogen) atoms. The number of esters is 4. The van der Waals surface area contributed by atoms with E-state index in [1.807, 2.05) is 0 Å². The molecule has 5 aliphatic rings. The predicted octanol–water partition coefficient (Wildman–Crippen LogP) is -3.01. The minimum Gasteiger partial charge on any atom is -0.463 e. The van der Waals surface area contributed by atoms with Gasteiger partial charge in [-0.3, -0.25) is 37.9 Å². The minimum absolute atomic E-state index is 0.0316. The summed E-state index contributed by atoms with van der Waals surface area (Å²) in [5.41, 5.74) is 1.67. The molecule has 5 aliphatic heterocycles. The van der Waals surface area contributed by atoms with Crippen LogP contribution in [0, 0.1) is 0 Å². The van der Waals surface area contributed by atoms with E-state index in [-0.39, 0.29) is 52.1 Å². The molecule has 0 aliphatic carbocycles. The summed E-state index contributed by atoms with van der Waals surface area (Å²) < 4.78 is 87.2. The maximum atomic E-state index is 14.2. The normalized spacial score (nSPS) is 30.2. The number of aryl methyl sites for hydroxylation is 4. The Labute approximate surface area is 722 Å². The first kappa shape index (κ1) is 102. The number of hydrogen-bond donors (Lipinski definition) is 16. The standard InChI is InChI=1S/C79H130N12O34/c1-112-79-74(125-59(99)29-21-13-5-9-17-25-33-91-37-50(83-87-91)45-117-78-71(111)67(107)63(103)54(41-95)121-78)73(124-58(98)28-20-12-4-8-16-24-32-90-36-49(82-86-90)44-116-77-70(110)66(106)62(102)53(40-94)120-77)72(123-57(97)27-19-11-3-7-15-23-31-89-35-48(81-85-89)43-115-76-69(109)65(105)61(101)52(39-93)119-76)55(122-79)46-113-56(96)26-18-10-2-6-14-22-30-88-34-47(80-84-88)42-114-75-68(108)64(104)60(100)51(38-92)118-75/h34-37,51-55,60-79,92-95,100-111H,2-33,38-46H2,1H3/t51-,52-,53-,54-,55-,60-,61-,62-,63-,64+,65+,66+,67+,68-,69-,70-,71-,72-,73+,74-,75-,76-,77-,78-,79+/m1/s1. The number of unbranched alkanes of at least 4 members (excludes halogenated alkanes) is 20. The molecule has 9 heterocycles. The summed E-state index contributed by atoms with van der Waals surface area (Å²) in [6.07, 6.45) is -12.4. The lowest BCUT2D eigenvalue weighted by molar-refractivity contribution is -0.304. The van der Waals surface area contributed by atoms with Gasteiger partial charge in [-0.05, 0) is 51.4 Å². The molecular weight excluding hydrogens is 1660 g/mol. The van der Waals surface area contributed by atoms with Gasteiger partial charge in [0.25, 0.3) is 0 Å². The summed E-state index contributed by atoms with van der Waals surface area (Å²) in [7, 11) is 1.31. The highest BCUT2D eigenvalue weighted by Gasteiger charge is 2.54. The number of hydrogen-bond acceptors (Lipinski definition) is 42. The van der Waals surface area contributed by atoms with Gasteiger partial charge in [-0.15, -0.1) is 20.4 Å². The summed E-state index contributed by atoms with van der Waals surface area (Å²) in [5, 5.41) is 193. The van der Waals surface area contributed by atoms with Crippen molar-refractivity contribution in [3.63, 3.8) is 0 Å². The third-order valence-electron chi connectivity index (χ3n) is 22.4. The lowest BCUT2D eigenvalue weighted by Gasteiger charge is -2.44. The first-order chi connectivity index (χ1) is 60.4. The lowest BCUT2D eigenvalue weighted by atomic mass is 9.97. The number of carbonyl (C=O) groups is 4. The molecule has 0 bridgehead atoms. The molecule has 0 spiro atoms. The smallest absolute Gasteiger partial charge is 0.306 e. The van der Waals surface area contributed by atoms with Crippen molar-refractivity contribution in [1.29, 1.82) is 0 Å². The Balaban J connectivity index is 0.763. The first-order valence-corrected chi connectivity index (χ1v) is 43.6. The van der Waals surface area contributed by atoms with E-state index in [0.717, 1.165) is 103 Å². The van der Waals surface area contributed by atoms with Crippen molar-refractivity contribution in [2.75, 3.05) is 40.1 Å². The van der Waals surface area contributed by atoms with Crippen LogP contribution >= 0.6 is 0 Å². The number of aromatic nitrogens is 12. The number of rotatable bonds is 58. The van der Waals surface area contributed by atoms with Crippen LogP contribution in [0.25, 0.3) is 0 Å². The summed E-state index contributed by atoms with van der Waals surface area (Å²) in [5.74, 6) is -2.62. The first-order valence-electron chi connectivity index (χ1n) is 43.6. The molecule has 0 aromatic carbocycles. The van der Waals surface area contributed by atoms with E-state index in [2.05, 4.69) is 41.2 Å². The van der Waals surface area contributed by atoms with E-state index in [1.165, 1.54) is 7.11 Å². The molecule has 4 aromatic heterocycles. The van der Waals surface area contributed by atoms with Crippen LogP contribution in [-0.2, 0) is 138 Å². The molecule has 46 nitrogen and oxygen atoms in total. The number of carbonyl (C=O) groups excluding carboxylic acids is 4. The molecule has 0 saturated carbocycles. The lowest BCUT2D eigenvalue weighted by Crippen LogP contribution is -2.63. The van der Waals surface area contributed by atoms with E-state index in [0.29, 0.717) is 100 Å². The molecule has 25 atom stereocenters. The zero-order chi connectivity index (χ0) is 89.7. The summed E-state index contributed by atoms with van der Waals surface area (Å²) >= 11 is 0. The van der Waals surface area contributed by atoms with Crippen molar-refractivity contribution in [1.82, 2.24) is 60.0 Å². The third-order valence-corrected chi connectivity index (χ3v) is 22.4. The quantitative estimate of drug-likeness (QED) is 0.0119. The number of methoxy groups -OCH3 is 1. The average Bonchev–Trinajstić information content (AvgIpc) is 1.21. The minimum atomic E-state index is -1.60. The van der Waals surface area contributed by atoms with E-state index in [4.69, 9.17) is 66.3 Å². The van der Waals surface area contributed by atoms with Crippen molar-refractivity contribution in [2.45, 2.75) is 386 Å². The van der Waals surface area contributed by atoms with E-state index in [9.17, 15) is 101 Å². The second-order valence-corrected chi connectivity index (χ2v) is 32.2. The van der Waals surface area contributed by atoms with E-state index in [1.54, 1.807) is 43.5 Å². The average molecular weight is 1790 g/mol. The number of ether oxygens (including phenoxy) is 14. The van der Waals surface area contributed by atoms with Gasteiger partial charge in [0.15, 0.2) is 49.8 Å². The van der Waals surface area contributed by atoms with Crippen LogP contribution in [0.2, 0.25) is 0 Å². The van der Waals surface area contributed by atoms with Gasteiger partial charge in [0.1, 0.15) is 133 Å². The molecule has 16 N–H and O–H groups in total. The fraction of sp³-hybridized carbons (Fsp3) is 0.848. The van der Waals surface area contributed by atoms with Gasteiger partial charge in [-0.2, -0.15) is 0 Å². The van der Waals surface area contributed by atoms with Gasteiger partial charge in [0.2, 0.25) is 0 Å². The Bertz CT molecular complexity index is 3690. The topological polar surface area (TPSA) is 644 Å². The van der Waals surface area contributed by atoms with Crippen LogP contribution in [0.1, 0.15) is 203 Å². The fourth-order valence-electron chi connectivity index (χ4n) is 15.0. The number of aliphatic hydroxyl groups is 16. The number of nitrogens with zero attached hydrogens (tertiary/aromatic N) is 12. The predicted molar refractivity (Wildman–Crippen MR) is 420 cm³/mol. The Morgan fingerprint density at radius 2 is 0.536 bits per heavy atom. The molecule has 5 saturated heterocycles. The largest absolute Gasteiger partial charge is 0.463 e. The Hall–Kier alpha value is -6.60. The van der Waals surface area contributed by atoms with E-state index < -0.39 is 210 Å². The van der Waals surface area contributed by atoms with Crippen molar-refractivity contribution in [2.24, 2.45) is 0 Å². The van der Waals surface area contributed by atoms with Crippen LogP contribution in [-0.4, -0.2) is 359 Å². The summed E-state index contributed by atoms with van der Waals surface area (Å²) in [6, 6.07) is 0. The highest BCUT2D eigenvalue weighted by atomic mass is 16.7. The molecule has 46 heteroatoms. The molecule has 0 amide bonds. The van der Waals surface area contributed by atoms with Crippen LogP contribution < -0.4 is 0 Å². The Morgan fingerprint density at radius 3 is 0.808 bits per heavy atom. The van der Waals surface area contributed by atoms with Crippen LogP contribution in [0.4, 0.5) is 0 Å². The molecule has 0 radical (unpaired) electrons. The van der Waals surface area contributed by atoms with Crippen molar-refractivity contribution >= 4 is 23.9 Å². The maximum Gasteiger partial charge on any atom is 0.306 e. The maximum absolute atomic E-state index is 14.2.